The van der Waals surface area contributed by atoms with Gasteiger partial charge in [-0.2, -0.15) is 5.26 Å². The summed E-state index contributed by atoms with van der Waals surface area (Å²) in [7, 11) is 0. The van der Waals surface area contributed by atoms with Crippen LogP contribution >= 0.6 is 0 Å². The van der Waals surface area contributed by atoms with E-state index in [2.05, 4.69) is 15.3 Å². The van der Waals surface area contributed by atoms with Gasteiger partial charge in [0.2, 0.25) is 12.7 Å². The second-order valence-electron chi connectivity index (χ2n) is 3.57. The van der Waals surface area contributed by atoms with Crippen LogP contribution in [-0.4, -0.2) is 16.8 Å². The summed E-state index contributed by atoms with van der Waals surface area (Å²) in [6.45, 7) is 0.240. The number of nitrogens with zero attached hydrogens (tertiary/aromatic N) is 3. The number of ether oxygens (including phenoxy) is 2. The summed E-state index contributed by atoms with van der Waals surface area (Å²) in [5.41, 5.74) is 1.59. The summed E-state index contributed by atoms with van der Waals surface area (Å²) in [5.74, 6) is 1.69. The van der Waals surface area contributed by atoms with Gasteiger partial charge >= 0.3 is 0 Å². The first-order valence-electron chi connectivity index (χ1n) is 5.25. The van der Waals surface area contributed by atoms with Crippen LogP contribution in [0.15, 0.2) is 30.5 Å². The number of hydrogen-bond donors (Lipinski definition) is 1. The maximum atomic E-state index is 8.53. The quantitative estimate of drug-likeness (QED) is 0.636. The van der Waals surface area contributed by atoms with Crippen LogP contribution in [0.3, 0.4) is 0 Å². The van der Waals surface area contributed by atoms with Gasteiger partial charge in [-0.25, -0.2) is 9.97 Å². The van der Waals surface area contributed by atoms with Crippen molar-refractivity contribution in [2.45, 2.75) is 0 Å². The van der Waals surface area contributed by atoms with Crippen molar-refractivity contribution >= 4 is 5.95 Å². The number of anilines is 1. The third kappa shape index (κ3) is 1.78. The topological polar surface area (TPSA) is 80.1 Å². The van der Waals surface area contributed by atoms with E-state index in [4.69, 9.17) is 14.7 Å². The predicted octanol–water partition coefficient (Wildman–Crippen LogP) is 1.77. The fourth-order valence-corrected chi connectivity index (χ4v) is 1.69. The van der Waals surface area contributed by atoms with E-state index >= 15 is 0 Å². The molecule has 6 heteroatoms. The number of benzene rings is 1. The van der Waals surface area contributed by atoms with Crippen molar-refractivity contribution in [3.05, 3.63) is 30.5 Å². The number of nitriles is 1. The Kier molecular flexibility index (Phi) is 2.43. The Balaban J connectivity index is 1.99. The molecule has 1 aliphatic rings. The van der Waals surface area contributed by atoms with E-state index in [1.54, 1.807) is 18.5 Å². The Morgan fingerprint density at radius 1 is 1.22 bits per heavy atom. The summed E-state index contributed by atoms with van der Waals surface area (Å²) < 4.78 is 10.5. The van der Waals surface area contributed by atoms with Gasteiger partial charge in [0.05, 0.1) is 5.69 Å². The molecule has 2 aromatic rings. The second-order valence-corrected chi connectivity index (χ2v) is 3.57. The average molecular weight is 240 g/mol. The van der Waals surface area contributed by atoms with Crippen molar-refractivity contribution < 1.29 is 9.47 Å². The normalized spacial score (nSPS) is 11.9. The summed E-state index contributed by atoms with van der Waals surface area (Å²) in [4.78, 5) is 8.14. The van der Waals surface area contributed by atoms with Crippen molar-refractivity contribution in [3.8, 4) is 28.9 Å². The van der Waals surface area contributed by atoms with Gasteiger partial charge in [0, 0.05) is 11.8 Å². The van der Waals surface area contributed by atoms with Gasteiger partial charge in [0.25, 0.3) is 0 Å². The number of rotatable bonds is 2. The first kappa shape index (κ1) is 10.4. The highest BCUT2D eigenvalue weighted by Gasteiger charge is 2.14. The van der Waals surface area contributed by atoms with Gasteiger partial charge in [-0.15, -0.1) is 0 Å². The molecule has 0 fully saturated rings. The van der Waals surface area contributed by atoms with E-state index in [0.29, 0.717) is 11.4 Å². The number of nitrogens with one attached hydrogen (secondary N) is 1. The number of hydrogen-bond acceptors (Lipinski definition) is 6. The van der Waals surface area contributed by atoms with E-state index in [0.717, 1.165) is 11.3 Å². The Bertz CT molecular complexity index is 636. The summed E-state index contributed by atoms with van der Waals surface area (Å²) in [6, 6.07) is 7.32. The smallest absolute Gasteiger partial charge is 0.236 e. The molecule has 0 bridgehead atoms. The monoisotopic (exact) mass is 240 g/mol. The summed E-state index contributed by atoms with van der Waals surface area (Å²) in [5, 5.41) is 10.9. The standard InChI is InChI=1S/C12H8N4O2/c13-6-15-12-14-4-3-9(16-12)8-1-2-10-11(5-8)18-7-17-10/h1-5H,7H2,(H,14,15,16). The van der Waals surface area contributed by atoms with E-state index < -0.39 is 0 Å². The molecule has 6 nitrogen and oxygen atoms in total. The lowest BCUT2D eigenvalue weighted by Gasteiger charge is -2.03. The zero-order valence-electron chi connectivity index (χ0n) is 9.25. The molecule has 0 saturated carbocycles. The lowest BCUT2D eigenvalue weighted by Crippen LogP contribution is -1.96. The van der Waals surface area contributed by atoms with Gasteiger partial charge in [-0.3, -0.25) is 5.32 Å². The molecule has 0 radical (unpaired) electrons. The van der Waals surface area contributed by atoms with Crippen LogP contribution in [0.1, 0.15) is 0 Å². The third-order valence-electron chi connectivity index (χ3n) is 2.49. The fraction of sp³-hybridized carbons (Fsp3) is 0.0833. The van der Waals surface area contributed by atoms with Crippen molar-refractivity contribution in [1.29, 1.82) is 5.26 Å². The minimum absolute atomic E-state index is 0.240. The Morgan fingerprint density at radius 2 is 2.11 bits per heavy atom. The van der Waals surface area contributed by atoms with E-state index in [-0.39, 0.29) is 12.7 Å². The number of aromatic nitrogens is 2. The minimum atomic E-state index is 0.240. The van der Waals surface area contributed by atoms with Crippen LogP contribution in [0, 0.1) is 11.5 Å². The molecule has 0 spiro atoms. The molecule has 3 rings (SSSR count). The molecule has 0 amide bonds. The van der Waals surface area contributed by atoms with Crippen molar-refractivity contribution in [1.82, 2.24) is 9.97 Å². The van der Waals surface area contributed by atoms with Crippen LogP contribution in [0.4, 0.5) is 5.95 Å². The van der Waals surface area contributed by atoms with Gasteiger partial charge in [-0.05, 0) is 24.3 Å². The molecule has 1 aliphatic heterocycles. The highest BCUT2D eigenvalue weighted by Crippen LogP contribution is 2.35. The fourth-order valence-electron chi connectivity index (χ4n) is 1.69. The van der Waals surface area contributed by atoms with E-state index in [1.807, 2.05) is 18.2 Å². The Morgan fingerprint density at radius 3 is 3.00 bits per heavy atom. The predicted molar refractivity (Wildman–Crippen MR) is 62.8 cm³/mol. The molecule has 18 heavy (non-hydrogen) atoms. The van der Waals surface area contributed by atoms with Crippen molar-refractivity contribution in [2.75, 3.05) is 12.1 Å². The Labute approximate surface area is 103 Å². The van der Waals surface area contributed by atoms with Crippen LogP contribution in [0.2, 0.25) is 0 Å². The zero-order chi connectivity index (χ0) is 12.4. The maximum absolute atomic E-state index is 8.53. The van der Waals surface area contributed by atoms with Gasteiger partial charge < -0.3 is 9.47 Å². The third-order valence-corrected chi connectivity index (χ3v) is 2.49. The van der Waals surface area contributed by atoms with Gasteiger partial charge in [0.15, 0.2) is 17.7 Å². The Hall–Kier alpha value is -2.81. The molecule has 0 atom stereocenters. The molecule has 88 valence electrons. The molecule has 0 saturated heterocycles. The zero-order valence-corrected chi connectivity index (χ0v) is 9.25. The molecule has 1 N–H and O–H groups in total. The largest absolute Gasteiger partial charge is 0.454 e. The van der Waals surface area contributed by atoms with Crippen LogP contribution in [-0.2, 0) is 0 Å². The second kappa shape index (κ2) is 4.22. The maximum Gasteiger partial charge on any atom is 0.236 e. The van der Waals surface area contributed by atoms with Crippen LogP contribution in [0.25, 0.3) is 11.3 Å². The minimum Gasteiger partial charge on any atom is -0.454 e. The van der Waals surface area contributed by atoms with Gasteiger partial charge in [0.1, 0.15) is 0 Å². The lowest BCUT2D eigenvalue weighted by atomic mass is 10.1. The van der Waals surface area contributed by atoms with Crippen LogP contribution < -0.4 is 14.8 Å². The molecular weight excluding hydrogens is 232 g/mol. The highest BCUT2D eigenvalue weighted by atomic mass is 16.7. The van der Waals surface area contributed by atoms with Crippen LogP contribution in [0.5, 0.6) is 11.5 Å². The molecule has 0 aliphatic carbocycles. The van der Waals surface area contributed by atoms with Gasteiger partial charge in [-0.1, -0.05) is 0 Å². The molecule has 0 unspecified atom stereocenters. The first-order valence-corrected chi connectivity index (χ1v) is 5.25. The average Bonchev–Trinajstić information content (AvgIpc) is 2.86. The summed E-state index contributed by atoms with van der Waals surface area (Å²) >= 11 is 0. The SMILES string of the molecule is N#CNc1nccc(-c2ccc3c(c2)OCO3)n1. The van der Waals surface area contributed by atoms with E-state index in [9.17, 15) is 0 Å². The molecule has 2 heterocycles. The molecular formula is C12H8N4O2. The first-order chi connectivity index (χ1) is 8.86. The highest BCUT2D eigenvalue weighted by molar-refractivity contribution is 5.65. The van der Waals surface area contributed by atoms with Crippen molar-refractivity contribution in [3.63, 3.8) is 0 Å². The van der Waals surface area contributed by atoms with Crippen molar-refractivity contribution in [2.24, 2.45) is 0 Å². The molecule has 1 aromatic heterocycles. The summed E-state index contributed by atoms with van der Waals surface area (Å²) in [6.07, 6.45) is 3.37. The number of fused-ring (bicyclic) bond motifs is 1. The van der Waals surface area contributed by atoms with E-state index in [1.165, 1.54) is 0 Å². The molecule has 1 aromatic carbocycles. The lowest BCUT2D eigenvalue weighted by molar-refractivity contribution is 0.174.